The fourth-order valence-electron chi connectivity index (χ4n) is 2.48. The third kappa shape index (κ3) is 2.36. The second kappa shape index (κ2) is 4.70. The van der Waals surface area contributed by atoms with Gasteiger partial charge in [-0.05, 0) is 23.0 Å². The largest absolute Gasteiger partial charge is 0.339 e. The van der Waals surface area contributed by atoms with Crippen molar-refractivity contribution in [2.75, 3.05) is 0 Å². The van der Waals surface area contributed by atoms with Gasteiger partial charge in [0, 0.05) is 12.5 Å². The summed E-state index contributed by atoms with van der Waals surface area (Å²) in [5, 5.41) is 4.13. The van der Waals surface area contributed by atoms with Crippen LogP contribution in [0.2, 0.25) is 0 Å². The van der Waals surface area contributed by atoms with Crippen LogP contribution in [0.4, 0.5) is 0 Å². The Morgan fingerprint density at radius 2 is 2.10 bits per heavy atom. The monoisotopic (exact) mass is 271 g/mol. The Morgan fingerprint density at radius 1 is 1.35 bits per heavy atom. The molecule has 0 bridgehead atoms. The predicted molar refractivity (Wildman–Crippen MR) is 77.4 cm³/mol. The molecule has 1 aromatic heterocycles. The lowest BCUT2D eigenvalue weighted by Crippen LogP contribution is -2.37. The van der Waals surface area contributed by atoms with Crippen LogP contribution in [-0.2, 0) is 12.8 Å². The molecule has 106 valence electrons. The van der Waals surface area contributed by atoms with Gasteiger partial charge in [0.05, 0.1) is 5.92 Å². The summed E-state index contributed by atoms with van der Waals surface area (Å²) in [7, 11) is 0. The lowest BCUT2D eigenvalue weighted by molar-refractivity contribution is 0.285. The highest BCUT2D eigenvalue weighted by Crippen LogP contribution is 2.38. The molecule has 0 fully saturated rings. The third-order valence-corrected chi connectivity index (χ3v) is 4.16. The van der Waals surface area contributed by atoms with Crippen LogP contribution < -0.4 is 5.73 Å². The molecule has 2 N–H and O–H groups in total. The molecule has 2 atom stereocenters. The highest BCUT2D eigenvalue weighted by Gasteiger charge is 2.31. The van der Waals surface area contributed by atoms with Crippen molar-refractivity contribution in [1.82, 2.24) is 10.1 Å². The Morgan fingerprint density at radius 3 is 2.80 bits per heavy atom. The maximum atomic E-state index is 6.16. The van der Waals surface area contributed by atoms with E-state index >= 15 is 0 Å². The quantitative estimate of drug-likeness (QED) is 0.932. The number of fused-ring (bicyclic) bond motifs is 1. The zero-order valence-electron chi connectivity index (χ0n) is 12.3. The number of hydrogen-bond donors (Lipinski definition) is 1. The fourth-order valence-corrected chi connectivity index (χ4v) is 2.48. The van der Waals surface area contributed by atoms with Crippen molar-refractivity contribution in [2.24, 2.45) is 11.1 Å². The van der Waals surface area contributed by atoms with Gasteiger partial charge < -0.3 is 10.3 Å². The number of nitrogens with two attached hydrogens (primary N) is 1. The lowest BCUT2D eigenvalue weighted by atomic mass is 9.77. The molecule has 2 aromatic rings. The van der Waals surface area contributed by atoms with Gasteiger partial charge in [-0.25, -0.2) is 0 Å². The van der Waals surface area contributed by atoms with E-state index in [0.29, 0.717) is 12.3 Å². The van der Waals surface area contributed by atoms with E-state index in [4.69, 9.17) is 10.3 Å². The van der Waals surface area contributed by atoms with E-state index in [1.54, 1.807) is 0 Å². The molecule has 1 aliphatic rings. The van der Waals surface area contributed by atoms with Crippen LogP contribution in [0.15, 0.2) is 28.8 Å². The van der Waals surface area contributed by atoms with Crippen molar-refractivity contribution < 1.29 is 4.52 Å². The van der Waals surface area contributed by atoms with Crippen LogP contribution in [0.1, 0.15) is 49.5 Å². The summed E-state index contributed by atoms with van der Waals surface area (Å²) in [4.78, 5) is 4.53. The van der Waals surface area contributed by atoms with Gasteiger partial charge in [-0.15, -0.1) is 0 Å². The average molecular weight is 271 g/mol. The summed E-state index contributed by atoms with van der Waals surface area (Å²) < 4.78 is 5.36. The third-order valence-electron chi connectivity index (χ3n) is 4.16. The number of benzene rings is 1. The molecule has 3 rings (SSSR count). The topological polar surface area (TPSA) is 64.9 Å². The van der Waals surface area contributed by atoms with Crippen molar-refractivity contribution >= 4 is 0 Å². The van der Waals surface area contributed by atoms with Crippen LogP contribution >= 0.6 is 0 Å². The fraction of sp³-hybridized carbons (Fsp3) is 0.500. The minimum absolute atomic E-state index is 0.0180. The SMILES string of the molecule is CC(C)(C)C(N)Cc1nc(C2Cc3ccccc32)no1. The molecule has 0 saturated heterocycles. The summed E-state index contributed by atoms with van der Waals surface area (Å²) in [6, 6.07) is 8.44. The van der Waals surface area contributed by atoms with Gasteiger partial charge in [-0.2, -0.15) is 4.98 Å². The molecule has 1 heterocycles. The molecule has 2 unspecified atom stereocenters. The number of nitrogens with zero attached hydrogens (tertiary/aromatic N) is 2. The first-order valence-electron chi connectivity index (χ1n) is 7.11. The van der Waals surface area contributed by atoms with E-state index in [1.165, 1.54) is 11.1 Å². The normalized spacial score (nSPS) is 19.3. The van der Waals surface area contributed by atoms with E-state index in [-0.39, 0.29) is 17.4 Å². The molecule has 0 saturated carbocycles. The number of rotatable bonds is 3. The minimum atomic E-state index is 0.0180. The van der Waals surface area contributed by atoms with Gasteiger partial charge in [-0.1, -0.05) is 50.2 Å². The van der Waals surface area contributed by atoms with E-state index in [0.717, 1.165) is 12.2 Å². The summed E-state index contributed by atoms with van der Waals surface area (Å²) in [6.45, 7) is 6.37. The Bertz CT molecular complexity index is 612. The average Bonchev–Trinajstić information content (AvgIpc) is 2.78. The molecule has 4 nitrogen and oxygen atoms in total. The van der Waals surface area contributed by atoms with Crippen molar-refractivity contribution in [3.8, 4) is 0 Å². The molecule has 0 spiro atoms. The second-order valence-electron chi connectivity index (χ2n) is 6.68. The molecular formula is C16H21N3O. The number of aromatic nitrogens is 2. The molecule has 1 aromatic carbocycles. The maximum Gasteiger partial charge on any atom is 0.228 e. The standard InChI is InChI=1S/C16H21N3O/c1-16(2,3)13(17)9-14-18-15(19-20-14)12-8-10-6-4-5-7-11(10)12/h4-7,12-13H,8-9,17H2,1-3H3. The molecule has 4 heteroatoms. The van der Waals surface area contributed by atoms with Crippen molar-refractivity contribution in [1.29, 1.82) is 0 Å². The Hall–Kier alpha value is -1.68. The Labute approximate surface area is 119 Å². The van der Waals surface area contributed by atoms with E-state index in [9.17, 15) is 0 Å². The highest BCUT2D eigenvalue weighted by atomic mass is 16.5. The Balaban J connectivity index is 1.73. The summed E-state index contributed by atoms with van der Waals surface area (Å²) in [5.41, 5.74) is 8.91. The molecule has 1 aliphatic carbocycles. The van der Waals surface area contributed by atoms with E-state index in [1.807, 2.05) is 0 Å². The summed E-state index contributed by atoms with van der Waals surface area (Å²) >= 11 is 0. The first kappa shape index (κ1) is 13.3. The molecule has 0 aliphatic heterocycles. The molecular weight excluding hydrogens is 250 g/mol. The van der Waals surface area contributed by atoms with Crippen LogP contribution in [-0.4, -0.2) is 16.2 Å². The van der Waals surface area contributed by atoms with Crippen LogP contribution in [0, 0.1) is 5.41 Å². The first-order chi connectivity index (χ1) is 9.45. The van der Waals surface area contributed by atoms with Crippen molar-refractivity contribution in [3.05, 3.63) is 47.1 Å². The van der Waals surface area contributed by atoms with Crippen molar-refractivity contribution in [2.45, 2.75) is 45.6 Å². The molecule has 0 amide bonds. The first-order valence-corrected chi connectivity index (χ1v) is 7.11. The summed E-state index contributed by atoms with van der Waals surface area (Å²) in [6.07, 6.45) is 1.63. The summed E-state index contributed by atoms with van der Waals surface area (Å²) in [5.74, 6) is 1.72. The van der Waals surface area contributed by atoms with Gasteiger partial charge in [0.1, 0.15) is 0 Å². The number of hydrogen-bond acceptors (Lipinski definition) is 4. The zero-order chi connectivity index (χ0) is 14.3. The van der Waals surface area contributed by atoms with Gasteiger partial charge in [0.15, 0.2) is 5.82 Å². The van der Waals surface area contributed by atoms with Gasteiger partial charge in [0.25, 0.3) is 0 Å². The smallest absolute Gasteiger partial charge is 0.228 e. The van der Waals surface area contributed by atoms with E-state index < -0.39 is 0 Å². The lowest BCUT2D eigenvalue weighted by Gasteiger charge is -2.27. The molecule has 0 radical (unpaired) electrons. The van der Waals surface area contributed by atoms with Gasteiger partial charge in [-0.3, -0.25) is 0 Å². The highest BCUT2D eigenvalue weighted by molar-refractivity contribution is 5.43. The molecule has 20 heavy (non-hydrogen) atoms. The predicted octanol–water partition coefficient (Wildman–Crippen LogP) is 2.67. The Kier molecular flexibility index (Phi) is 3.13. The van der Waals surface area contributed by atoms with E-state index in [2.05, 4.69) is 55.2 Å². The zero-order valence-corrected chi connectivity index (χ0v) is 12.3. The van der Waals surface area contributed by atoms with Gasteiger partial charge >= 0.3 is 0 Å². The van der Waals surface area contributed by atoms with Gasteiger partial charge in [0.2, 0.25) is 5.89 Å². The van der Waals surface area contributed by atoms with Crippen LogP contribution in [0.5, 0.6) is 0 Å². The van der Waals surface area contributed by atoms with Crippen molar-refractivity contribution in [3.63, 3.8) is 0 Å². The maximum absolute atomic E-state index is 6.16. The van der Waals surface area contributed by atoms with Crippen LogP contribution in [0.25, 0.3) is 0 Å². The minimum Gasteiger partial charge on any atom is -0.339 e. The van der Waals surface area contributed by atoms with Crippen LogP contribution in [0.3, 0.4) is 0 Å². The second-order valence-corrected chi connectivity index (χ2v) is 6.68.